The summed E-state index contributed by atoms with van der Waals surface area (Å²) >= 11 is 1.27. The molecule has 0 saturated heterocycles. The third-order valence-electron chi connectivity index (χ3n) is 12.1. The fourth-order valence-electron chi connectivity index (χ4n) is 7.71. The maximum atomic E-state index is 14.2. The van der Waals surface area contributed by atoms with Crippen molar-refractivity contribution in [2.45, 2.75) is 192 Å². The summed E-state index contributed by atoms with van der Waals surface area (Å²) in [5.74, 6) is -15.0. The summed E-state index contributed by atoms with van der Waals surface area (Å²) in [5.41, 5.74) is 21.7. The monoisotopic (exact) mass is 1190 g/mol. The number of carbonyl (C=O) groups is 14. The van der Waals surface area contributed by atoms with Crippen molar-refractivity contribution in [3.8, 4) is 0 Å². The number of amides is 12. The predicted molar refractivity (Wildman–Crippen MR) is 295 cm³/mol. The molecule has 32 heteroatoms. The molecule has 31 nitrogen and oxygen atoms in total. The molecule has 0 aromatic carbocycles. The fourth-order valence-corrected chi connectivity index (χ4v) is 8.18. The lowest BCUT2D eigenvalue weighted by Gasteiger charge is -2.29. The maximum Gasteiger partial charge on any atom is 0.326 e. The van der Waals surface area contributed by atoms with Crippen LogP contribution in [0, 0.1) is 17.8 Å². The number of carboxylic acids is 2. The smallest absolute Gasteiger partial charge is 0.326 e. The van der Waals surface area contributed by atoms with E-state index < -0.39 is 194 Å². The summed E-state index contributed by atoms with van der Waals surface area (Å²) in [7, 11) is 0. The number of primary amides is 3. The van der Waals surface area contributed by atoms with Gasteiger partial charge in [0.25, 0.3) is 0 Å². The third kappa shape index (κ3) is 30.6. The Morgan fingerprint density at radius 3 is 1.02 bits per heavy atom. The lowest BCUT2D eigenvalue weighted by Crippen LogP contribution is -2.62. The number of hydrogen-bond acceptors (Lipinski definition) is 18. The van der Waals surface area contributed by atoms with Crippen LogP contribution in [0.2, 0.25) is 0 Å². The molecule has 0 aromatic rings. The van der Waals surface area contributed by atoms with Crippen molar-refractivity contribution in [3.63, 3.8) is 0 Å². The molecule has 0 fully saturated rings. The van der Waals surface area contributed by atoms with Crippen LogP contribution in [0.3, 0.4) is 0 Å². The highest BCUT2D eigenvalue weighted by atomic mass is 32.2. The molecule has 12 amide bonds. The molecule has 0 radical (unpaired) electrons. The first-order valence-corrected chi connectivity index (χ1v) is 28.1. The lowest BCUT2D eigenvalue weighted by atomic mass is 9.99. The minimum atomic E-state index is -1.90. The Morgan fingerprint density at radius 1 is 0.402 bits per heavy atom. The molecule has 0 aromatic heterocycles. The Labute approximate surface area is 479 Å². The Bertz CT molecular complexity index is 2220. The van der Waals surface area contributed by atoms with E-state index in [2.05, 4.69) is 47.9 Å². The first kappa shape index (κ1) is 74.8. The number of aliphatic carboxylic acids is 2. The van der Waals surface area contributed by atoms with E-state index in [0.717, 1.165) is 6.92 Å². The topological polar surface area (TPSA) is 532 Å². The predicted octanol–water partition coefficient (Wildman–Crippen LogP) is -5.31. The number of hydrogen-bond donors (Lipinski definition) is 17. The number of nitrogens with one attached hydrogen (secondary N) is 9. The van der Waals surface area contributed by atoms with E-state index >= 15 is 0 Å². The first-order valence-electron chi connectivity index (χ1n) is 26.7. The van der Waals surface area contributed by atoms with Crippen molar-refractivity contribution in [2.75, 3.05) is 18.6 Å². The highest BCUT2D eigenvalue weighted by Crippen LogP contribution is 2.14. The molecule has 0 bridgehead atoms. The van der Waals surface area contributed by atoms with E-state index in [1.54, 1.807) is 47.8 Å². The van der Waals surface area contributed by atoms with E-state index in [4.69, 9.17) is 28.0 Å². The summed E-state index contributed by atoms with van der Waals surface area (Å²) in [5, 5.41) is 60.6. The normalized spacial score (nSPS) is 15.2. The molecule has 82 heavy (non-hydrogen) atoms. The minimum Gasteiger partial charge on any atom is -0.481 e. The minimum absolute atomic E-state index is 0.0278. The van der Waals surface area contributed by atoms with Gasteiger partial charge < -0.3 is 91.2 Å². The molecule has 0 aliphatic rings. The zero-order chi connectivity index (χ0) is 63.1. The van der Waals surface area contributed by atoms with E-state index in [1.165, 1.54) is 11.8 Å². The second-order valence-corrected chi connectivity index (χ2v) is 21.9. The van der Waals surface area contributed by atoms with Crippen LogP contribution in [0.15, 0.2) is 0 Å². The highest BCUT2D eigenvalue weighted by molar-refractivity contribution is 7.98. The molecule has 21 N–H and O–H groups in total. The lowest BCUT2D eigenvalue weighted by molar-refractivity contribution is -0.143. The van der Waals surface area contributed by atoms with Gasteiger partial charge >= 0.3 is 11.9 Å². The van der Waals surface area contributed by atoms with Crippen LogP contribution >= 0.6 is 11.8 Å². The fraction of sp³-hybridized carbons (Fsp3) is 0.720. The van der Waals surface area contributed by atoms with Crippen LogP contribution in [-0.2, 0) is 67.1 Å². The second kappa shape index (κ2) is 38.5. The summed E-state index contributed by atoms with van der Waals surface area (Å²) in [4.78, 5) is 181. The van der Waals surface area contributed by atoms with Gasteiger partial charge in [0, 0.05) is 25.7 Å². The number of aliphatic hydroxyl groups excluding tert-OH is 2. The van der Waals surface area contributed by atoms with E-state index in [9.17, 15) is 82.4 Å². The number of thioether (sulfide) groups is 1. The van der Waals surface area contributed by atoms with Crippen LogP contribution in [-0.4, -0.2) is 188 Å². The molecule has 0 unspecified atom stereocenters. The molecule has 0 rings (SSSR count). The summed E-state index contributed by atoms with van der Waals surface area (Å²) < 4.78 is 0. The Hall–Kier alpha value is -7.19. The van der Waals surface area contributed by atoms with Gasteiger partial charge in [0.05, 0.1) is 18.8 Å². The van der Waals surface area contributed by atoms with Crippen LogP contribution in [0.5, 0.6) is 0 Å². The molecule has 0 aliphatic carbocycles. The SMILES string of the molecule is CSCC[C@H](NC(=O)[C@H](CC(C)C)NC(=O)[C@H](CC(C)C)NC(=O)[C@H](CCC(N)=O)NC(=O)[C@H](CC(C)C)NC(=O)[C@@H](N)CCC(=O)O)C(=O)N[C@@H](CCC(N)=O)C(=O)N[C@@H](CO)C(=O)N[C@H](C(=O)N[C@@H](CCC(N)=O)C(=O)O)[C@@H](C)O. The van der Waals surface area contributed by atoms with Gasteiger partial charge in [-0.1, -0.05) is 41.5 Å². The van der Waals surface area contributed by atoms with Gasteiger partial charge in [-0.15, -0.1) is 0 Å². The van der Waals surface area contributed by atoms with Crippen molar-refractivity contribution in [2.24, 2.45) is 40.7 Å². The average molecular weight is 1190 g/mol. The molecule has 0 heterocycles. The first-order chi connectivity index (χ1) is 38.1. The Kier molecular flexibility index (Phi) is 35.1. The van der Waals surface area contributed by atoms with Crippen LogP contribution in [0.1, 0.15) is 126 Å². The molecule has 0 aliphatic heterocycles. The molecule has 0 saturated carbocycles. The summed E-state index contributed by atoms with van der Waals surface area (Å²) in [6, 6.07) is -15.4. The second-order valence-electron chi connectivity index (χ2n) is 21.0. The Morgan fingerprint density at radius 2 is 0.707 bits per heavy atom. The molecule has 466 valence electrons. The van der Waals surface area contributed by atoms with Gasteiger partial charge in [0.2, 0.25) is 70.9 Å². The van der Waals surface area contributed by atoms with E-state index in [-0.39, 0.29) is 62.0 Å². The number of rotatable bonds is 42. The number of carboxylic acid groups (broad SMARTS) is 2. The largest absolute Gasteiger partial charge is 0.481 e. The van der Waals surface area contributed by atoms with Gasteiger partial charge in [0.15, 0.2) is 0 Å². The van der Waals surface area contributed by atoms with Gasteiger partial charge in [-0.05, 0) is 88.1 Å². The van der Waals surface area contributed by atoms with Crippen LogP contribution in [0.25, 0.3) is 0 Å². The molecule has 11 atom stereocenters. The standard InChI is InChI=1S/C50H87N13O18S/c1-23(2)19-32(59-41(71)27(51)9-16-39(69)70)45(75)56-28(10-13-36(52)66)42(72)60-34(21-25(5)6)47(77)61-33(20-24(3)4)46(76)57-30(17-18-82-8)44(74)55-29(11-14-37(53)67)43(73)62-35(22-64)48(78)63-40(26(7)65)49(79)58-31(50(80)81)12-15-38(54)68/h23-35,40,64-65H,9-22,51H2,1-8H3,(H2,52,66)(H2,53,67)(H2,54,68)(H,55,74)(H,56,75)(H,57,76)(H,58,79)(H,59,71)(H,60,72)(H,61,77)(H,62,73)(H,63,78)(H,69,70)(H,80,81)/t26-,27+,28+,29+,30+,31+,32+,33+,34+,35+,40+/m1/s1. The highest BCUT2D eigenvalue weighted by Gasteiger charge is 2.37. The van der Waals surface area contributed by atoms with Crippen molar-refractivity contribution in [1.82, 2.24) is 47.9 Å². The quantitative estimate of drug-likeness (QED) is 0.0271. The maximum absolute atomic E-state index is 14.2. The van der Waals surface area contributed by atoms with Crippen molar-refractivity contribution in [3.05, 3.63) is 0 Å². The van der Waals surface area contributed by atoms with Gasteiger partial charge in [-0.25, -0.2) is 4.79 Å². The zero-order valence-corrected chi connectivity index (χ0v) is 48.5. The molecular weight excluding hydrogens is 1100 g/mol. The van der Waals surface area contributed by atoms with Crippen molar-refractivity contribution in [1.29, 1.82) is 0 Å². The van der Waals surface area contributed by atoms with Crippen LogP contribution in [0.4, 0.5) is 0 Å². The van der Waals surface area contributed by atoms with Crippen molar-refractivity contribution >= 4 is 94.6 Å². The number of carbonyl (C=O) groups excluding carboxylic acids is 12. The van der Waals surface area contributed by atoms with E-state index in [0.29, 0.717) is 0 Å². The third-order valence-corrected chi connectivity index (χ3v) is 12.7. The molecule has 0 spiro atoms. The summed E-state index contributed by atoms with van der Waals surface area (Å²) in [6.07, 6.45) is -3.40. The Balaban J connectivity index is 6.75. The van der Waals surface area contributed by atoms with Gasteiger partial charge in [-0.2, -0.15) is 11.8 Å². The molecular formula is C50H87N13O18S. The number of aliphatic hydroxyl groups is 2. The van der Waals surface area contributed by atoms with E-state index in [1.807, 2.05) is 0 Å². The van der Waals surface area contributed by atoms with Crippen molar-refractivity contribution < 1.29 is 87.5 Å². The van der Waals surface area contributed by atoms with Gasteiger partial charge in [-0.3, -0.25) is 62.3 Å². The average Bonchev–Trinajstić information content (AvgIpc) is 3.40. The summed E-state index contributed by atoms with van der Waals surface area (Å²) in [6.45, 7) is 10.3. The van der Waals surface area contributed by atoms with Crippen LogP contribution < -0.4 is 70.8 Å². The van der Waals surface area contributed by atoms with Gasteiger partial charge in [0.1, 0.15) is 54.4 Å². The zero-order valence-electron chi connectivity index (χ0n) is 47.7. The number of nitrogens with two attached hydrogens (primary N) is 4.